The highest BCUT2D eigenvalue weighted by atomic mass is 19.1. The summed E-state index contributed by atoms with van der Waals surface area (Å²) in [5.41, 5.74) is 2.16. The minimum Gasteiger partial charge on any atom is -0.454 e. The van der Waals surface area contributed by atoms with Gasteiger partial charge in [0.2, 0.25) is 5.78 Å². The van der Waals surface area contributed by atoms with Gasteiger partial charge in [-0.05, 0) is 31.2 Å². The van der Waals surface area contributed by atoms with E-state index >= 15 is 0 Å². The summed E-state index contributed by atoms with van der Waals surface area (Å²) in [5, 5.41) is 0.789. The van der Waals surface area contributed by atoms with Crippen LogP contribution in [0.15, 0.2) is 48.5 Å². The first-order valence-corrected chi connectivity index (χ1v) is 7.09. The van der Waals surface area contributed by atoms with Crippen LogP contribution in [-0.4, -0.2) is 23.3 Å². The van der Waals surface area contributed by atoms with E-state index in [9.17, 15) is 14.0 Å². The van der Waals surface area contributed by atoms with Crippen LogP contribution in [0.5, 0.6) is 0 Å². The van der Waals surface area contributed by atoms with Crippen molar-refractivity contribution in [3.8, 4) is 0 Å². The molecule has 0 bridgehead atoms. The van der Waals surface area contributed by atoms with Gasteiger partial charge in [-0.1, -0.05) is 24.3 Å². The van der Waals surface area contributed by atoms with E-state index in [0.29, 0.717) is 5.56 Å². The van der Waals surface area contributed by atoms with Crippen molar-refractivity contribution in [1.29, 1.82) is 0 Å². The Morgan fingerprint density at radius 2 is 1.91 bits per heavy atom. The van der Waals surface area contributed by atoms with Gasteiger partial charge in [-0.2, -0.15) is 0 Å². The zero-order valence-corrected chi connectivity index (χ0v) is 12.4. The smallest absolute Gasteiger partial charge is 0.338 e. The second-order valence-corrected chi connectivity index (χ2v) is 5.18. The Morgan fingerprint density at radius 3 is 2.70 bits per heavy atom. The van der Waals surface area contributed by atoms with Gasteiger partial charge >= 0.3 is 5.97 Å². The average molecular weight is 311 g/mol. The fourth-order valence-electron chi connectivity index (χ4n) is 2.54. The maximum absolute atomic E-state index is 13.1. The van der Waals surface area contributed by atoms with Crippen molar-refractivity contribution >= 4 is 22.7 Å². The molecule has 0 fully saturated rings. The lowest BCUT2D eigenvalue weighted by Gasteiger charge is -2.05. The third kappa shape index (κ3) is 2.99. The summed E-state index contributed by atoms with van der Waals surface area (Å²) in [5.74, 6) is -1.56. The predicted octanol–water partition coefficient (Wildman–Crippen LogP) is 3.66. The number of nitrogens with one attached hydrogen (secondary N) is 1. The van der Waals surface area contributed by atoms with E-state index in [4.69, 9.17) is 4.74 Å². The number of para-hydroxylation sites is 1. The van der Waals surface area contributed by atoms with Gasteiger partial charge in [0, 0.05) is 22.2 Å². The number of aromatic amines is 1. The first-order valence-electron chi connectivity index (χ1n) is 7.09. The third-order valence-corrected chi connectivity index (χ3v) is 3.57. The fourth-order valence-corrected chi connectivity index (χ4v) is 2.54. The molecule has 3 rings (SSSR count). The summed E-state index contributed by atoms with van der Waals surface area (Å²) < 4.78 is 18.1. The maximum Gasteiger partial charge on any atom is 0.338 e. The van der Waals surface area contributed by atoms with Gasteiger partial charge in [0.05, 0.1) is 5.56 Å². The molecule has 0 aliphatic carbocycles. The Labute approximate surface area is 131 Å². The quantitative estimate of drug-likeness (QED) is 0.591. The number of benzene rings is 2. The lowest BCUT2D eigenvalue weighted by atomic mass is 10.1. The van der Waals surface area contributed by atoms with E-state index in [1.165, 1.54) is 18.2 Å². The van der Waals surface area contributed by atoms with Gasteiger partial charge in [0.15, 0.2) is 6.61 Å². The van der Waals surface area contributed by atoms with Gasteiger partial charge in [0.25, 0.3) is 0 Å². The fraction of sp³-hybridized carbons (Fsp3) is 0.111. The second kappa shape index (κ2) is 6.04. The van der Waals surface area contributed by atoms with Crippen molar-refractivity contribution in [2.24, 2.45) is 0 Å². The Kier molecular flexibility index (Phi) is 3.93. The molecule has 5 heteroatoms. The molecule has 4 nitrogen and oxygen atoms in total. The summed E-state index contributed by atoms with van der Waals surface area (Å²) in [4.78, 5) is 27.4. The Morgan fingerprint density at radius 1 is 1.13 bits per heavy atom. The molecular weight excluding hydrogens is 297 g/mol. The van der Waals surface area contributed by atoms with Gasteiger partial charge in [0.1, 0.15) is 5.82 Å². The number of H-pyrrole nitrogens is 1. The lowest BCUT2D eigenvalue weighted by Crippen LogP contribution is -2.15. The molecule has 0 amide bonds. The molecular formula is C18H14FNO3. The number of aryl methyl sites for hydroxylation is 1. The zero-order chi connectivity index (χ0) is 16.4. The van der Waals surface area contributed by atoms with Gasteiger partial charge < -0.3 is 9.72 Å². The summed E-state index contributed by atoms with van der Waals surface area (Å²) >= 11 is 0. The highest BCUT2D eigenvalue weighted by molar-refractivity contribution is 6.10. The highest BCUT2D eigenvalue weighted by Gasteiger charge is 2.18. The predicted molar refractivity (Wildman–Crippen MR) is 84.0 cm³/mol. The van der Waals surface area contributed by atoms with E-state index < -0.39 is 18.4 Å². The van der Waals surface area contributed by atoms with Crippen molar-refractivity contribution in [2.75, 3.05) is 6.61 Å². The summed E-state index contributed by atoms with van der Waals surface area (Å²) in [6.45, 7) is 1.40. The van der Waals surface area contributed by atoms with Gasteiger partial charge in [-0.15, -0.1) is 0 Å². The first kappa shape index (κ1) is 15.0. The van der Waals surface area contributed by atoms with Crippen LogP contribution in [0.25, 0.3) is 10.9 Å². The Hall–Kier alpha value is -2.95. The van der Waals surface area contributed by atoms with Crippen molar-refractivity contribution in [3.63, 3.8) is 0 Å². The normalized spacial score (nSPS) is 10.7. The van der Waals surface area contributed by atoms with Crippen LogP contribution >= 0.6 is 0 Å². The largest absolute Gasteiger partial charge is 0.454 e. The number of Topliss-reactive ketones (excluding diaryl/α,β-unsaturated/α-hetero) is 1. The second-order valence-electron chi connectivity index (χ2n) is 5.18. The molecule has 23 heavy (non-hydrogen) atoms. The molecule has 0 unspecified atom stereocenters. The lowest BCUT2D eigenvalue weighted by molar-refractivity contribution is 0.0474. The number of carbonyl (C=O) groups is 2. The Balaban J connectivity index is 1.76. The SMILES string of the molecule is Cc1[nH]c2ccccc2c1C(=O)COC(=O)c1cccc(F)c1. The number of ketones is 1. The molecule has 1 aromatic heterocycles. The number of hydrogen-bond acceptors (Lipinski definition) is 3. The first-order chi connectivity index (χ1) is 11.1. The van der Waals surface area contributed by atoms with Crippen LogP contribution < -0.4 is 0 Å². The van der Waals surface area contributed by atoms with Crippen LogP contribution in [-0.2, 0) is 4.74 Å². The van der Waals surface area contributed by atoms with E-state index in [1.807, 2.05) is 24.3 Å². The van der Waals surface area contributed by atoms with Crippen molar-refractivity contribution < 1.29 is 18.7 Å². The third-order valence-electron chi connectivity index (χ3n) is 3.57. The van der Waals surface area contributed by atoms with Crippen LogP contribution in [0.1, 0.15) is 26.4 Å². The van der Waals surface area contributed by atoms with E-state index in [2.05, 4.69) is 4.98 Å². The molecule has 0 saturated heterocycles. The molecule has 3 aromatic rings. The van der Waals surface area contributed by atoms with Gasteiger partial charge in [-0.25, -0.2) is 9.18 Å². The zero-order valence-electron chi connectivity index (χ0n) is 12.4. The number of fused-ring (bicyclic) bond motifs is 1. The molecule has 1 N–H and O–H groups in total. The summed E-state index contributed by atoms with van der Waals surface area (Å²) in [7, 11) is 0. The molecule has 116 valence electrons. The monoisotopic (exact) mass is 311 g/mol. The molecule has 0 aliphatic rings. The van der Waals surface area contributed by atoms with Crippen LogP contribution in [0.4, 0.5) is 4.39 Å². The number of hydrogen-bond donors (Lipinski definition) is 1. The molecule has 0 radical (unpaired) electrons. The molecule has 0 spiro atoms. The molecule has 0 atom stereocenters. The van der Waals surface area contributed by atoms with Crippen molar-refractivity contribution in [3.05, 3.63) is 71.2 Å². The molecule has 0 aliphatic heterocycles. The van der Waals surface area contributed by atoms with E-state index in [0.717, 1.165) is 22.7 Å². The van der Waals surface area contributed by atoms with E-state index in [-0.39, 0.29) is 11.3 Å². The standard InChI is InChI=1S/C18H14FNO3/c1-11-17(14-7-2-3-8-15(14)20-11)16(21)10-23-18(22)12-5-4-6-13(19)9-12/h2-9,20H,10H2,1H3. The number of rotatable bonds is 4. The van der Waals surface area contributed by atoms with Crippen molar-refractivity contribution in [1.82, 2.24) is 4.98 Å². The molecule has 0 saturated carbocycles. The van der Waals surface area contributed by atoms with Crippen molar-refractivity contribution in [2.45, 2.75) is 6.92 Å². The minimum atomic E-state index is -0.727. The number of aromatic nitrogens is 1. The minimum absolute atomic E-state index is 0.0773. The highest BCUT2D eigenvalue weighted by Crippen LogP contribution is 2.22. The average Bonchev–Trinajstić information content (AvgIpc) is 2.88. The maximum atomic E-state index is 13.1. The Bertz CT molecular complexity index is 898. The van der Waals surface area contributed by atoms with Gasteiger partial charge in [-0.3, -0.25) is 4.79 Å². The van der Waals surface area contributed by atoms with Crippen LogP contribution in [0, 0.1) is 12.7 Å². The molecule has 1 heterocycles. The topological polar surface area (TPSA) is 59.2 Å². The van der Waals surface area contributed by atoms with Crippen LogP contribution in [0.3, 0.4) is 0 Å². The van der Waals surface area contributed by atoms with E-state index in [1.54, 1.807) is 6.92 Å². The van der Waals surface area contributed by atoms with Crippen LogP contribution in [0.2, 0.25) is 0 Å². The number of esters is 1. The summed E-state index contributed by atoms with van der Waals surface area (Å²) in [6.07, 6.45) is 0. The molecule has 2 aromatic carbocycles. The number of ether oxygens (including phenoxy) is 1. The summed E-state index contributed by atoms with van der Waals surface area (Å²) in [6, 6.07) is 12.6. The number of halogens is 1. The number of carbonyl (C=O) groups excluding carboxylic acids is 2.